The number of carbonyl (C=O) groups is 1. The average molecular weight is 438 g/mol. The molecular formula is C23H23N3O4S. The van der Waals surface area contributed by atoms with Crippen LogP contribution in [0.25, 0.3) is 0 Å². The van der Waals surface area contributed by atoms with Crippen LogP contribution in [0.4, 0.5) is 11.4 Å². The maximum Gasteiger partial charge on any atom is 0.335 e. The molecule has 0 fully saturated rings. The number of sulfonamides is 1. The maximum absolute atomic E-state index is 12.8. The van der Waals surface area contributed by atoms with E-state index in [0.717, 1.165) is 16.8 Å². The molecule has 7 nitrogen and oxygen atoms in total. The van der Waals surface area contributed by atoms with Gasteiger partial charge in [0.05, 0.1) is 17.3 Å². The molecule has 1 aliphatic heterocycles. The number of carboxylic acid groups (broad SMARTS) is 1. The molecule has 8 heteroatoms. The third-order valence-corrected chi connectivity index (χ3v) is 6.92. The van der Waals surface area contributed by atoms with E-state index in [4.69, 9.17) is 0 Å². The maximum atomic E-state index is 12.8. The molecule has 1 unspecified atom stereocenters. The minimum absolute atomic E-state index is 0.0910. The standard InChI is InChI=1S/C23H23N3O4S/c1-23(2)13-21(25-20-10-9-15(22(27)28)12-18(20)23)17-7-3-4-8-19(17)26-31(29,30)16-6-5-11-24-14-16/h3-12,14,21,25-26H,13H2,1-2H3,(H,27,28). The zero-order valence-corrected chi connectivity index (χ0v) is 18.0. The number of rotatable bonds is 5. The van der Waals surface area contributed by atoms with E-state index in [1.165, 1.54) is 18.5 Å². The van der Waals surface area contributed by atoms with Gasteiger partial charge in [-0.25, -0.2) is 13.2 Å². The monoisotopic (exact) mass is 437 g/mol. The lowest BCUT2D eigenvalue weighted by Crippen LogP contribution is -2.32. The molecule has 0 saturated heterocycles. The second-order valence-corrected chi connectivity index (χ2v) is 9.91. The van der Waals surface area contributed by atoms with Crippen molar-refractivity contribution in [3.63, 3.8) is 0 Å². The molecule has 0 bridgehead atoms. The Morgan fingerprint density at radius 2 is 1.94 bits per heavy atom. The largest absolute Gasteiger partial charge is 0.478 e. The number of aromatic carboxylic acids is 1. The number of hydrogen-bond donors (Lipinski definition) is 3. The van der Waals surface area contributed by atoms with Crippen LogP contribution in [-0.4, -0.2) is 24.5 Å². The molecule has 31 heavy (non-hydrogen) atoms. The van der Waals surface area contributed by atoms with Crippen LogP contribution in [-0.2, 0) is 15.4 Å². The molecule has 2 aromatic carbocycles. The minimum atomic E-state index is -3.78. The van der Waals surface area contributed by atoms with Crippen molar-refractivity contribution in [2.75, 3.05) is 10.0 Å². The fourth-order valence-electron chi connectivity index (χ4n) is 4.01. The summed E-state index contributed by atoms with van der Waals surface area (Å²) in [5.41, 5.74) is 3.01. The van der Waals surface area contributed by atoms with Crippen LogP contribution >= 0.6 is 0 Å². The predicted octanol–water partition coefficient (Wildman–Crippen LogP) is 4.42. The first-order valence-corrected chi connectivity index (χ1v) is 11.3. The van der Waals surface area contributed by atoms with Crippen molar-refractivity contribution >= 4 is 27.4 Å². The van der Waals surface area contributed by atoms with Gasteiger partial charge in [0.25, 0.3) is 10.0 Å². The Kier molecular flexibility index (Phi) is 5.18. The van der Waals surface area contributed by atoms with Crippen LogP contribution < -0.4 is 10.0 Å². The summed E-state index contributed by atoms with van der Waals surface area (Å²) in [6.07, 6.45) is 3.49. The van der Waals surface area contributed by atoms with E-state index in [1.54, 1.807) is 36.4 Å². The summed E-state index contributed by atoms with van der Waals surface area (Å²) >= 11 is 0. The summed E-state index contributed by atoms with van der Waals surface area (Å²) < 4.78 is 28.4. The van der Waals surface area contributed by atoms with Gasteiger partial charge in [-0.15, -0.1) is 0 Å². The SMILES string of the molecule is CC1(C)CC(c2ccccc2NS(=O)(=O)c2cccnc2)Nc2ccc(C(=O)O)cc21. The molecule has 0 aliphatic carbocycles. The highest BCUT2D eigenvalue weighted by molar-refractivity contribution is 7.92. The highest BCUT2D eigenvalue weighted by Crippen LogP contribution is 2.45. The Labute approximate surface area is 181 Å². The van der Waals surface area contributed by atoms with Gasteiger partial charge in [0, 0.05) is 18.1 Å². The molecule has 3 aromatic rings. The summed E-state index contributed by atoms with van der Waals surface area (Å²) in [5, 5.41) is 12.8. The predicted molar refractivity (Wildman–Crippen MR) is 119 cm³/mol. The van der Waals surface area contributed by atoms with Crippen molar-refractivity contribution in [3.8, 4) is 0 Å². The van der Waals surface area contributed by atoms with Crippen LogP contribution in [0.5, 0.6) is 0 Å². The van der Waals surface area contributed by atoms with Gasteiger partial charge in [-0.3, -0.25) is 9.71 Å². The summed E-state index contributed by atoms with van der Waals surface area (Å²) in [5.74, 6) is -0.962. The van der Waals surface area contributed by atoms with Crippen molar-refractivity contribution in [2.45, 2.75) is 36.6 Å². The van der Waals surface area contributed by atoms with Crippen molar-refractivity contribution in [3.05, 3.63) is 83.7 Å². The van der Waals surface area contributed by atoms with Crippen molar-refractivity contribution < 1.29 is 18.3 Å². The molecule has 0 amide bonds. The zero-order valence-electron chi connectivity index (χ0n) is 17.2. The second-order valence-electron chi connectivity index (χ2n) is 8.23. The number of nitrogens with zero attached hydrogens (tertiary/aromatic N) is 1. The fraction of sp³-hybridized carbons (Fsp3) is 0.217. The van der Waals surface area contributed by atoms with Crippen molar-refractivity contribution in [1.82, 2.24) is 4.98 Å². The number of hydrogen-bond acceptors (Lipinski definition) is 5. The average Bonchev–Trinajstić information content (AvgIpc) is 2.73. The summed E-state index contributed by atoms with van der Waals surface area (Å²) in [6.45, 7) is 4.13. The van der Waals surface area contributed by atoms with E-state index >= 15 is 0 Å². The summed E-state index contributed by atoms with van der Waals surface area (Å²) in [4.78, 5) is 15.4. The van der Waals surface area contributed by atoms with Gasteiger partial charge >= 0.3 is 5.97 Å². The number of carboxylic acids is 1. The molecule has 2 heterocycles. The topological polar surface area (TPSA) is 108 Å². The molecule has 1 aromatic heterocycles. The van der Waals surface area contributed by atoms with Gasteiger partial charge in [0.15, 0.2) is 0 Å². The lowest BCUT2D eigenvalue weighted by molar-refractivity contribution is 0.0696. The minimum Gasteiger partial charge on any atom is -0.478 e. The summed E-state index contributed by atoms with van der Waals surface area (Å²) in [7, 11) is -3.78. The molecule has 1 aliphatic rings. The molecule has 0 spiro atoms. The lowest BCUT2D eigenvalue weighted by atomic mass is 9.73. The number of benzene rings is 2. The van der Waals surface area contributed by atoms with Crippen molar-refractivity contribution in [2.24, 2.45) is 0 Å². The van der Waals surface area contributed by atoms with Crippen molar-refractivity contribution in [1.29, 1.82) is 0 Å². The normalized spacial score (nSPS) is 17.3. The Bertz CT molecular complexity index is 1240. The van der Waals surface area contributed by atoms with E-state index in [2.05, 4.69) is 28.9 Å². The number of pyridine rings is 1. The highest BCUT2D eigenvalue weighted by atomic mass is 32.2. The zero-order chi connectivity index (χ0) is 22.2. The van der Waals surface area contributed by atoms with Gasteiger partial charge in [0.2, 0.25) is 0 Å². The quantitative estimate of drug-likeness (QED) is 0.545. The molecule has 160 valence electrons. The number of nitrogens with one attached hydrogen (secondary N) is 2. The van der Waals surface area contributed by atoms with Crippen LogP contribution in [0, 0.1) is 0 Å². The summed E-state index contributed by atoms with van der Waals surface area (Å²) in [6, 6.07) is 15.2. The van der Waals surface area contributed by atoms with E-state index < -0.39 is 16.0 Å². The molecule has 1 atom stereocenters. The third kappa shape index (κ3) is 4.11. The number of para-hydroxylation sites is 1. The smallest absolute Gasteiger partial charge is 0.335 e. The fourth-order valence-corrected chi connectivity index (χ4v) is 5.06. The number of aromatic nitrogens is 1. The molecule has 4 rings (SSSR count). The van der Waals surface area contributed by atoms with Crippen LogP contribution in [0.1, 0.15) is 47.8 Å². The van der Waals surface area contributed by atoms with Crippen LogP contribution in [0.15, 0.2) is 71.9 Å². The van der Waals surface area contributed by atoms with Gasteiger partial charge < -0.3 is 10.4 Å². The highest BCUT2D eigenvalue weighted by Gasteiger charge is 2.35. The molecule has 0 saturated carbocycles. The lowest BCUT2D eigenvalue weighted by Gasteiger charge is -2.39. The Morgan fingerprint density at radius 1 is 1.16 bits per heavy atom. The Morgan fingerprint density at radius 3 is 2.65 bits per heavy atom. The van der Waals surface area contributed by atoms with Gasteiger partial charge in [-0.1, -0.05) is 32.0 Å². The number of fused-ring (bicyclic) bond motifs is 1. The van der Waals surface area contributed by atoms with E-state index in [9.17, 15) is 18.3 Å². The van der Waals surface area contributed by atoms with Gasteiger partial charge in [-0.05, 0) is 59.4 Å². The van der Waals surface area contributed by atoms with Crippen LogP contribution in [0.2, 0.25) is 0 Å². The molecule has 0 radical (unpaired) electrons. The van der Waals surface area contributed by atoms with Gasteiger partial charge in [-0.2, -0.15) is 0 Å². The van der Waals surface area contributed by atoms with Crippen LogP contribution in [0.3, 0.4) is 0 Å². The van der Waals surface area contributed by atoms with E-state index in [0.29, 0.717) is 12.1 Å². The molecular weight excluding hydrogens is 414 g/mol. The first kappa shape index (κ1) is 20.9. The first-order chi connectivity index (χ1) is 14.7. The van der Waals surface area contributed by atoms with E-state index in [-0.39, 0.29) is 21.9 Å². The Balaban J connectivity index is 1.70. The number of anilines is 2. The third-order valence-electron chi connectivity index (χ3n) is 5.57. The second kappa shape index (κ2) is 7.70. The molecule has 3 N–H and O–H groups in total. The van der Waals surface area contributed by atoms with Gasteiger partial charge in [0.1, 0.15) is 4.90 Å². The first-order valence-electron chi connectivity index (χ1n) is 9.83. The van der Waals surface area contributed by atoms with E-state index in [1.807, 2.05) is 12.1 Å². The Hall–Kier alpha value is -3.39.